The molecule has 2 heterocycles. The topological polar surface area (TPSA) is 90.6 Å². The number of nitrogen functional groups attached to an aromatic ring is 1. The Labute approximate surface area is 174 Å². The third kappa shape index (κ3) is 4.13. The number of nitrogens with two attached hydrogens (primary N) is 1. The number of hydrogen-bond acceptors (Lipinski definition) is 6. The SMILES string of the molecule is C[B]c1cc(Cl)c(-c2nc(N)nc3c2CN(C(=O)OCC)C3)cc1OCCCl. The van der Waals surface area contributed by atoms with E-state index in [1.807, 2.05) is 26.2 Å². The van der Waals surface area contributed by atoms with Gasteiger partial charge in [0.05, 0.1) is 37.0 Å². The van der Waals surface area contributed by atoms with Crippen molar-refractivity contribution in [3.63, 3.8) is 0 Å². The maximum atomic E-state index is 12.1. The molecule has 0 bridgehead atoms. The van der Waals surface area contributed by atoms with Crippen molar-refractivity contribution >= 4 is 48.0 Å². The average Bonchev–Trinajstić information content (AvgIpc) is 3.10. The quantitative estimate of drug-likeness (QED) is 0.569. The summed E-state index contributed by atoms with van der Waals surface area (Å²) in [6, 6.07) is 3.63. The van der Waals surface area contributed by atoms with E-state index < -0.39 is 6.09 Å². The van der Waals surface area contributed by atoms with Crippen molar-refractivity contribution in [1.82, 2.24) is 14.9 Å². The molecular weight excluding hydrogens is 402 g/mol. The van der Waals surface area contributed by atoms with E-state index in [4.69, 9.17) is 38.4 Å². The van der Waals surface area contributed by atoms with Crippen LogP contribution in [0.2, 0.25) is 11.8 Å². The van der Waals surface area contributed by atoms with Gasteiger partial charge < -0.3 is 15.2 Å². The Morgan fingerprint density at radius 3 is 2.82 bits per heavy atom. The van der Waals surface area contributed by atoms with Gasteiger partial charge in [-0.05, 0) is 24.5 Å². The first-order valence-electron chi connectivity index (χ1n) is 8.87. The molecule has 1 aromatic carbocycles. The minimum absolute atomic E-state index is 0.116. The van der Waals surface area contributed by atoms with Crippen LogP contribution in [-0.4, -0.2) is 47.3 Å². The number of halogens is 2. The molecule has 0 saturated heterocycles. The molecule has 1 aliphatic rings. The predicted molar refractivity (Wildman–Crippen MR) is 111 cm³/mol. The second-order valence-corrected chi connectivity index (χ2v) is 6.89. The van der Waals surface area contributed by atoms with Crippen LogP contribution < -0.4 is 15.9 Å². The van der Waals surface area contributed by atoms with Crippen molar-refractivity contribution in [3.05, 3.63) is 28.4 Å². The summed E-state index contributed by atoms with van der Waals surface area (Å²) in [4.78, 5) is 22.4. The average molecular weight is 422 g/mol. The lowest BCUT2D eigenvalue weighted by Gasteiger charge is -2.16. The largest absolute Gasteiger partial charge is 0.493 e. The van der Waals surface area contributed by atoms with Gasteiger partial charge >= 0.3 is 6.09 Å². The molecule has 10 heteroatoms. The summed E-state index contributed by atoms with van der Waals surface area (Å²) >= 11 is 12.3. The van der Waals surface area contributed by atoms with E-state index in [1.165, 1.54) is 0 Å². The second kappa shape index (κ2) is 8.88. The number of carbonyl (C=O) groups excluding carboxylic acids is 1. The van der Waals surface area contributed by atoms with E-state index in [9.17, 15) is 4.79 Å². The predicted octanol–water partition coefficient (Wildman–Crippen LogP) is 2.85. The standard InChI is InChI=1S/C18H20BCl2N4O3/c1-3-27-18(26)25-8-11-14(9-25)23-17(22)24-16(11)10-6-15(28-5-4-20)12(19-2)7-13(10)21/h6-7H,3-5,8-9H2,1-2H3,(H2,22,23,24). The normalized spacial score (nSPS) is 12.6. The summed E-state index contributed by atoms with van der Waals surface area (Å²) in [6.07, 6.45) is -0.404. The first-order valence-corrected chi connectivity index (χ1v) is 9.78. The van der Waals surface area contributed by atoms with Crippen molar-refractivity contribution in [1.29, 1.82) is 0 Å². The van der Waals surface area contributed by atoms with Gasteiger partial charge in [0.15, 0.2) is 7.28 Å². The molecule has 7 nitrogen and oxygen atoms in total. The van der Waals surface area contributed by atoms with Crippen LogP contribution in [0.15, 0.2) is 12.1 Å². The molecule has 1 radical (unpaired) electrons. The van der Waals surface area contributed by atoms with Crippen LogP contribution in [0, 0.1) is 0 Å². The molecule has 1 aliphatic heterocycles. The number of carbonyl (C=O) groups is 1. The van der Waals surface area contributed by atoms with Crippen LogP contribution in [0.4, 0.5) is 10.7 Å². The summed E-state index contributed by atoms with van der Waals surface area (Å²) in [7, 11) is 1.90. The zero-order chi connectivity index (χ0) is 20.3. The Kier molecular flexibility index (Phi) is 6.51. The number of aromatic nitrogens is 2. The Morgan fingerprint density at radius 1 is 1.36 bits per heavy atom. The minimum atomic E-state index is -0.404. The molecule has 1 amide bonds. The van der Waals surface area contributed by atoms with Crippen LogP contribution >= 0.6 is 23.2 Å². The van der Waals surface area contributed by atoms with E-state index in [2.05, 4.69) is 9.97 Å². The molecule has 0 fully saturated rings. The third-order valence-electron chi connectivity index (χ3n) is 4.33. The monoisotopic (exact) mass is 421 g/mol. The molecule has 3 rings (SSSR count). The first kappa shape index (κ1) is 20.5. The van der Waals surface area contributed by atoms with Crippen molar-refractivity contribution in [3.8, 4) is 17.0 Å². The molecule has 0 spiro atoms. The van der Waals surface area contributed by atoms with E-state index in [0.29, 0.717) is 59.9 Å². The van der Waals surface area contributed by atoms with Crippen LogP contribution in [0.3, 0.4) is 0 Å². The Hall–Kier alpha value is -2.19. The number of amides is 1. The summed E-state index contributed by atoms with van der Waals surface area (Å²) in [5, 5.41) is 0.501. The molecule has 2 N–H and O–H groups in total. The van der Waals surface area contributed by atoms with Gasteiger partial charge in [-0.15, -0.1) is 11.6 Å². The maximum Gasteiger partial charge on any atom is 0.410 e. The highest BCUT2D eigenvalue weighted by Gasteiger charge is 2.30. The smallest absolute Gasteiger partial charge is 0.410 e. The molecule has 0 atom stereocenters. The molecule has 0 aliphatic carbocycles. The molecule has 1 aromatic heterocycles. The lowest BCUT2D eigenvalue weighted by atomic mass is 9.72. The first-order chi connectivity index (χ1) is 13.5. The highest BCUT2D eigenvalue weighted by Crippen LogP contribution is 2.36. The Balaban J connectivity index is 2.05. The molecule has 0 unspecified atom stereocenters. The van der Waals surface area contributed by atoms with Crippen molar-refractivity contribution in [2.45, 2.75) is 26.8 Å². The lowest BCUT2D eigenvalue weighted by molar-refractivity contribution is 0.106. The van der Waals surface area contributed by atoms with Crippen molar-refractivity contribution < 1.29 is 14.3 Å². The minimum Gasteiger partial charge on any atom is -0.493 e. The number of nitrogens with zero attached hydrogens (tertiary/aromatic N) is 3. The summed E-state index contributed by atoms with van der Waals surface area (Å²) in [6.45, 7) is 4.95. The van der Waals surface area contributed by atoms with Crippen LogP contribution in [0.25, 0.3) is 11.3 Å². The highest BCUT2D eigenvalue weighted by molar-refractivity contribution is 6.54. The zero-order valence-corrected chi connectivity index (χ0v) is 17.2. The van der Waals surface area contributed by atoms with Gasteiger partial charge in [0.1, 0.15) is 12.4 Å². The van der Waals surface area contributed by atoms with Crippen LogP contribution in [0.1, 0.15) is 18.2 Å². The molecule has 147 valence electrons. The third-order valence-corrected chi connectivity index (χ3v) is 4.79. The molecule has 0 saturated carbocycles. The van der Waals surface area contributed by atoms with Crippen molar-refractivity contribution in [2.24, 2.45) is 0 Å². The number of ether oxygens (including phenoxy) is 2. The van der Waals surface area contributed by atoms with Gasteiger partial charge in [0.25, 0.3) is 0 Å². The van der Waals surface area contributed by atoms with Gasteiger partial charge in [-0.3, -0.25) is 4.90 Å². The van der Waals surface area contributed by atoms with Crippen LogP contribution in [0.5, 0.6) is 5.75 Å². The number of fused-ring (bicyclic) bond motifs is 1. The van der Waals surface area contributed by atoms with Gasteiger partial charge in [0, 0.05) is 16.1 Å². The fourth-order valence-electron chi connectivity index (χ4n) is 3.09. The summed E-state index contributed by atoms with van der Waals surface area (Å²) in [5.41, 5.74) is 9.49. The summed E-state index contributed by atoms with van der Waals surface area (Å²) < 4.78 is 10.8. The molecular formula is C18H20BCl2N4O3. The van der Waals surface area contributed by atoms with Gasteiger partial charge in [-0.2, -0.15) is 0 Å². The number of rotatable bonds is 6. The fourth-order valence-corrected chi connectivity index (χ4v) is 3.43. The highest BCUT2D eigenvalue weighted by atomic mass is 35.5. The zero-order valence-electron chi connectivity index (χ0n) is 15.7. The van der Waals surface area contributed by atoms with Gasteiger partial charge in [0.2, 0.25) is 5.95 Å². The van der Waals surface area contributed by atoms with Crippen molar-refractivity contribution in [2.75, 3.05) is 24.8 Å². The second-order valence-electron chi connectivity index (χ2n) is 6.11. The van der Waals surface area contributed by atoms with E-state index >= 15 is 0 Å². The van der Waals surface area contributed by atoms with E-state index in [0.717, 1.165) is 11.0 Å². The fraction of sp³-hybridized carbons (Fsp3) is 0.389. The number of anilines is 1. The summed E-state index contributed by atoms with van der Waals surface area (Å²) in [5.74, 6) is 1.13. The number of hydrogen-bond donors (Lipinski definition) is 1. The molecule has 28 heavy (non-hydrogen) atoms. The number of benzene rings is 1. The van der Waals surface area contributed by atoms with E-state index in [-0.39, 0.29) is 5.95 Å². The van der Waals surface area contributed by atoms with Gasteiger partial charge in [-0.25, -0.2) is 14.8 Å². The van der Waals surface area contributed by atoms with Gasteiger partial charge in [-0.1, -0.05) is 18.4 Å². The van der Waals surface area contributed by atoms with Crippen LogP contribution in [-0.2, 0) is 17.8 Å². The Morgan fingerprint density at radius 2 is 2.14 bits per heavy atom. The Bertz CT molecular complexity index is 898. The molecule has 2 aromatic rings. The maximum absolute atomic E-state index is 12.1. The number of alkyl halides is 1. The lowest BCUT2D eigenvalue weighted by Crippen LogP contribution is -2.26. The van der Waals surface area contributed by atoms with E-state index in [1.54, 1.807) is 11.8 Å².